The van der Waals surface area contributed by atoms with Gasteiger partial charge in [-0.3, -0.25) is 4.90 Å². The lowest BCUT2D eigenvalue weighted by atomic mass is 9.81. The van der Waals surface area contributed by atoms with Crippen molar-refractivity contribution in [1.29, 1.82) is 0 Å². The van der Waals surface area contributed by atoms with Crippen molar-refractivity contribution in [2.75, 3.05) is 0 Å². The molecule has 0 aliphatic rings. The van der Waals surface area contributed by atoms with Crippen LogP contribution >= 0.6 is 31.9 Å². The molecule has 1 atom stereocenters. The number of halogens is 2. The van der Waals surface area contributed by atoms with Crippen LogP contribution in [0.1, 0.15) is 35.6 Å². The van der Waals surface area contributed by atoms with E-state index in [2.05, 4.69) is 92.2 Å². The van der Waals surface area contributed by atoms with Gasteiger partial charge in [-0.1, -0.05) is 117 Å². The van der Waals surface area contributed by atoms with Gasteiger partial charge < -0.3 is 5.11 Å². The predicted octanol–water partition coefficient (Wildman–Crippen LogP) is 7.93. The number of aliphatic hydroxyl groups is 1. The van der Waals surface area contributed by atoms with Gasteiger partial charge in [-0.05, 0) is 59.9 Å². The van der Waals surface area contributed by atoms with Crippen molar-refractivity contribution >= 4 is 31.9 Å². The summed E-state index contributed by atoms with van der Waals surface area (Å²) in [5.74, 6) is 0. The second-order valence-electron chi connectivity index (χ2n) is 8.80. The summed E-state index contributed by atoms with van der Waals surface area (Å²) in [7, 11) is 0. The van der Waals surface area contributed by atoms with E-state index in [1.54, 1.807) is 0 Å². The Kier molecular flexibility index (Phi) is 8.38. The highest BCUT2D eigenvalue weighted by molar-refractivity contribution is 9.10. The van der Waals surface area contributed by atoms with E-state index < -0.39 is 5.60 Å². The molecule has 0 bridgehead atoms. The van der Waals surface area contributed by atoms with Gasteiger partial charge in [0.15, 0.2) is 0 Å². The third kappa shape index (κ3) is 6.25. The maximum absolute atomic E-state index is 12.2. The fourth-order valence-electron chi connectivity index (χ4n) is 4.41. The van der Waals surface area contributed by atoms with Crippen LogP contribution < -0.4 is 0 Å². The van der Waals surface area contributed by atoms with Gasteiger partial charge in [0.25, 0.3) is 0 Å². The second kappa shape index (κ2) is 11.5. The Bertz CT molecular complexity index is 1080. The molecule has 0 aliphatic heterocycles. The SMILES string of the molecule is CC(CC(O)(c1ccc(Br)cc1)c1ccc(Br)cc1)N(Cc1ccccc1)Cc1ccccc1. The summed E-state index contributed by atoms with van der Waals surface area (Å²) in [6.45, 7) is 3.84. The average molecular weight is 579 g/mol. The number of hydrogen-bond acceptors (Lipinski definition) is 2. The standard InChI is InChI=1S/C30H29Br2NO/c1-23(33(21-24-8-4-2-5-9-24)22-25-10-6-3-7-11-25)20-30(34,26-12-16-28(31)17-13-26)27-14-18-29(32)19-15-27/h2-19,23,34H,20-22H2,1H3. The summed E-state index contributed by atoms with van der Waals surface area (Å²) in [6.07, 6.45) is 0.565. The molecular formula is C30H29Br2NO. The zero-order valence-corrected chi connectivity index (χ0v) is 22.4. The van der Waals surface area contributed by atoms with E-state index >= 15 is 0 Å². The minimum Gasteiger partial charge on any atom is -0.380 e. The highest BCUT2D eigenvalue weighted by atomic mass is 79.9. The number of hydrogen-bond donors (Lipinski definition) is 1. The summed E-state index contributed by atoms with van der Waals surface area (Å²) in [6, 6.07) is 37.2. The molecule has 0 amide bonds. The molecule has 4 rings (SSSR count). The maximum atomic E-state index is 12.2. The third-order valence-electron chi connectivity index (χ3n) is 6.31. The molecule has 34 heavy (non-hydrogen) atoms. The van der Waals surface area contributed by atoms with E-state index in [0.717, 1.165) is 33.2 Å². The molecule has 0 spiro atoms. The van der Waals surface area contributed by atoms with Crippen molar-refractivity contribution in [1.82, 2.24) is 4.90 Å². The Balaban J connectivity index is 1.68. The first-order valence-electron chi connectivity index (χ1n) is 11.5. The first-order chi connectivity index (χ1) is 16.4. The first-order valence-corrected chi connectivity index (χ1v) is 13.1. The van der Waals surface area contributed by atoms with E-state index in [0.29, 0.717) is 6.42 Å². The molecule has 0 fully saturated rings. The molecule has 0 heterocycles. The van der Waals surface area contributed by atoms with Gasteiger partial charge in [-0.15, -0.1) is 0 Å². The topological polar surface area (TPSA) is 23.5 Å². The Hall–Kier alpha value is -2.24. The molecule has 174 valence electrons. The number of benzene rings is 4. The van der Waals surface area contributed by atoms with Gasteiger partial charge in [-0.25, -0.2) is 0 Å². The van der Waals surface area contributed by atoms with E-state index in [4.69, 9.17) is 0 Å². The van der Waals surface area contributed by atoms with Gasteiger partial charge in [0.2, 0.25) is 0 Å². The van der Waals surface area contributed by atoms with Crippen LogP contribution in [0.3, 0.4) is 0 Å². The Labute approximate surface area is 219 Å². The Morgan fingerprint density at radius 3 is 1.41 bits per heavy atom. The number of rotatable bonds is 9. The Morgan fingerprint density at radius 2 is 1.03 bits per heavy atom. The lowest BCUT2D eigenvalue weighted by molar-refractivity contribution is 0.0325. The van der Waals surface area contributed by atoms with Crippen LogP contribution in [0, 0.1) is 0 Å². The molecule has 2 nitrogen and oxygen atoms in total. The van der Waals surface area contributed by atoms with Crippen LogP contribution in [-0.2, 0) is 18.7 Å². The van der Waals surface area contributed by atoms with E-state index in [9.17, 15) is 5.11 Å². The second-order valence-corrected chi connectivity index (χ2v) is 10.6. The molecule has 0 radical (unpaired) electrons. The quantitative estimate of drug-likeness (QED) is 0.218. The van der Waals surface area contributed by atoms with Crippen LogP contribution in [0.4, 0.5) is 0 Å². The van der Waals surface area contributed by atoms with Gasteiger partial charge in [-0.2, -0.15) is 0 Å². The van der Waals surface area contributed by atoms with E-state index in [1.807, 2.05) is 60.7 Å². The van der Waals surface area contributed by atoms with Gasteiger partial charge >= 0.3 is 0 Å². The minimum absolute atomic E-state index is 0.109. The van der Waals surface area contributed by atoms with E-state index in [-0.39, 0.29) is 6.04 Å². The summed E-state index contributed by atoms with van der Waals surface area (Å²) >= 11 is 7.06. The fourth-order valence-corrected chi connectivity index (χ4v) is 4.94. The molecule has 4 heteroatoms. The van der Waals surface area contributed by atoms with Crippen molar-refractivity contribution < 1.29 is 5.11 Å². The molecule has 4 aromatic carbocycles. The van der Waals surface area contributed by atoms with Crippen LogP contribution in [0.2, 0.25) is 0 Å². The highest BCUT2D eigenvalue weighted by Crippen LogP contribution is 2.37. The monoisotopic (exact) mass is 577 g/mol. The Morgan fingerprint density at radius 1 is 0.647 bits per heavy atom. The maximum Gasteiger partial charge on any atom is 0.116 e. The molecule has 0 saturated heterocycles. The summed E-state index contributed by atoms with van der Waals surface area (Å²) in [5, 5.41) is 12.2. The van der Waals surface area contributed by atoms with Crippen LogP contribution in [0.5, 0.6) is 0 Å². The third-order valence-corrected chi connectivity index (χ3v) is 7.37. The average Bonchev–Trinajstić information content (AvgIpc) is 2.85. The predicted molar refractivity (Wildman–Crippen MR) is 147 cm³/mol. The molecule has 1 N–H and O–H groups in total. The zero-order chi connectivity index (χ0) is 24.0. The zero-order valence-electron chi connectivity index (χ0n) is 19.2. The molecule has 0 aliphatic carbocycles. The van der Waals surface area contributed by atoms with Gasteiger partial charge in [0, 0.05) is 28.1 Å². The fraction of sp³-hybridized carbons (Fsp3) is 0.200. The molecule has 0 saturated carbocycles. The molecule has 1 unspecified atom stereocenters. The largest absolute Gasteiger partial charge is 0.380 e. The van der Waals surface area contributed by atoms with Crippen LogP contribution in [-0.4, -0.2) is 16.0 Å². The minimum atomic E-state index is -1.12. The summed E-state index contributed by atoms with van der Waals surface area (Å²) in [5.41, 5.74) is 3.20. The van der Waals surface area contributed by atoms with E-state index in [1.165, 1.54) is 11.1 Å². The van der Waals surface area contributed by atoms with Crippen molar-refractivity contribution in [3.05, 3.63) is 140 Å². The van der Waals surface area contributed by atoms with Crippen molar-refractivity contribution in [3.8, 4) is 0 Å². The van der Waals surface area contributed by atoms with Gasteiger partial charge in [0.1, 0.15) is 5.60 Å². The molecular weight excluding hydrogens is 550 g/mol. The number of nitrogens with zero attached hydrogens (tertiary/aromatic N) is 1. The molecule has 0 aromatic heterocycles. The lowest BCUT2D eigenvalue weighted by Crippen LogP contribution is -2.40. The normalized spacial score (nSPS) is 12.6. The smallest absolute Gasteiger partial charge is 0.116 e. The van der Waals surface area contributed by atoms with Crippen LogP contribution in [0.25, 0.3) is 0 Å². The first kappa shape index (κ1) is 24.9. The van der Waals surface area contributed by atoms with Crippen molar-refractivity contribution in [2.45, 2.75) is 38.1 Å². The lowest BCUT2D eigenvalue weighted by Gasteiger charge is -2.37. The molecule has 4 aromatic rings. The van der Waals surface area contributed by atoms with Gasteiger partial charge in [0.05, 0.1) is 0 Å². The van der Waals surface area contributed by atoms with Crippen molar-refractivity contribution in [3.63, 3.8) is 0 Å². The van der Waals surface area contributed by atoms with Crippen LogP contribution in [0.15, 0.2) is 118 Å². The highest BCUT2D eigenvalue weighted by Gasteiger charge is 2.35. The summed E-state index contributed by atoms with van der Waals surface area (Å²) in [4.78, 5) is 2.45. The summed E-state index contributed by atoms with van der Waals surface area (Å²) < 4.78 is 1.99. The van der Waals surface area contributed by atoms with Crippen molar-refractivity contribution in [2.24, 2.45) is 0 Å².